The number of benzene rings is 1. The largest absolute Gasteiger partial charge is 0.388 e. The quantitative estimate of drug-likeness (QED) is 0.849. The van der Waals surface area contributed by atoms with Gasteiger partial charge in [0.15, 0.2) is 0 Å². The van der Waals surface area contributed by atoms with Gasteiger partial charge in [0.05, 0.1) is 6.20 Å². The third-order valence-corrected chi connectivity index (χ3v) is 2.57. The number of aromatic nitrogens is 2. The summed E-state index contributed by atoms with van der Waals surface area (Å²) in [6.07, 6.45) is 5.13. The first-order valence-electron chi connectivity index (χ1n) is 5.64. The highest BCUT2D eigenvalue weighted by Gasteiger charge is 2.01. The number of nitrogens with zero attached hydrogens (tertiary/aromatic N) is 2. The van der Waals surface area contributed by atoms with Crippen LogP contribution in [-0.4, -0.2) is 16.8 Å². The molecule has 2 rings (SSSR count). The van der Waals surface area contributed by atoms with Crippen LogP contribution in [0.25, 0.3) is 11.1 Å². The molecule has 1 aromatic carbocycles. The molecule has 0 unspecified atom stereocenters. The third kappa shape index (κ3) is 2.24. The topological polar surface area (TPSA) is 29.9 Å². The Hall–Kier alpha value is -1.77. The Balaban J connectivity index is 2.27. The molecule has 16 heavy (non-hydrogen) atoms. The Morgan fingerprint density at radius 3 is 2.94 bits per heavy atom. The summed E-state index contributed by atoms with van der Waals surface area (Å²) in [6.45, 7) is 3.13. The molecule has 3 nitrogen and oxygen atoms in total. The Morgan fingerprint density at radius 2 is 2.19 bits per heavy atom. The average Bonchev–Trinajstić information content (AvgIpc) is 2.78. The highest BCUT2D eigenvalue weighted by molar-refractivity contribution is 5.66. The zero-order chi connectivity index (χ0) is 11.4. The molecule has 1 aromatic heterocycles. The van der Waals surface area contributed by atoms with Crippen molar-refractivity contribution in [3.05, 3.63) is 36.7 Å². The molecule has 0 spiro atoms. The van der Waals surface area contributed by atoms with Crippen molar-refractivity contribution in [1.82, 2.24) is 9.78 Å². The number of nitrogens with one attached hydrogen (secondary N) is 1. The van der Waals surface area contributed by atoms with Crippen LogP contribution in [0, 0.1) is 0 Å². The smallest absolute Gasteiger partial charge is 0.0568 e. The molecule has 1 N–H and O–H groups in total. The van der Waals surface area contributed by atoms with Gasteiger partial charge < -0.3 is 5.32 Å². The molecule has 0 atom stereocenters. The van der Waals surface area contributed by atoms with Gasteiger partial charge in [-0.15, -0.1) is 0 Å². The Labute approximate surface area is 96.1 Å². The van der Waals surface area contributed by atoms with Gasteiger partial charge >= 0.3 is 0 Å². The van der Waals surface area contributed by atoms with E-state index in [1.54, 1.807) is 0 Å². The highest BCUT2D eigenvalue weighted by atomic mass is 15.3. The molecule has 0 radical (unpaired) electrons. The maximum absolute atomic E-state index is 4.33. The van der Waals surface area contributed by atoms with E-state index in [2.05, 4.69) is 47.8 Å². The van der Waals surface area contributed by atoms with Crippen molar-refractivity contribution < 1.29 is 0 Å². The number of hydrogen-bond donors (Lipinski definition) is 1. The van der Waals surface area contributed by atoms with Crippen molar-refractivity contribution in [1.29, 1.82) is 0 Å². The van der Waals surface area contributed by atoms with E-state index in [1.807, 2.05) is 17.9 Å². The van der Waals surface area contributed by atoms with Crippen LogP contribution >= 0.6 is 0 Å². The predicted octanol–water partition coefficient (Wildman–Crippen LogP) is 3.00. The van der Waals surface area contributed by atoms with Gasteiger partial charge in [-0.1, -0.05) is 19.1 Å². The van der Waals surface area contributed by atoms with Crippen LogP contribution in [0.4, 0.5) is 5.69 Å². The molecule has 1 heterocycles. The maximum Gasteiger partial charge on any atom is 0.0568 e. The Bertz CT molecular complexity index is 460. The lowest BCUT2D eigenvalue weighted by Crippen LogP contribution is -1.95. The summed E-state index contributed by atoms with van der Waals surface area (Å²) in [6, 6.07) is 8.35. The molecule has 0 saturated carbocycles. The molecule has 2 aromatic rings. The molecule has 0 aliphatic carbocycles. The fourth-order valence-corrected chi connectivity index (χ4v) is 1.72. The first-order valence-corrected chi connectivity index (χ1v) is 5.64. The first kappa shape index (κ1) is 10.7. The van der Waals surface area contributed by atoms with Gasteiger partial charge in [-0.05, 0) is 24.1 Å². The summed E-state index contributed by atoms with van der Waals surface area (Å²) in [5.74, 6) is 0. The summed E-state index contributed by atoms with van der Waals surface area (Å²) in [5.41, 5.74) is 3.50. The second-order valence-electron chi connectivity index (χ2n) is 3.82. The van der Waals surface area contributed by atoms with Crippen LogP contribution in [0.15, 0.2) is 36.7 Å². The van der Waals surface area contributed by atoms with E-state index in [0.29, 0.717) is 0 Å². The van der Waals surface area contributed by atoms with Crippen LogP contribution in [-0.2, 0) is 6.54 Å². The SMILES string of the molecule is CCCn1cc(-c2cccc(NC)c2)cn1. The summed E-state index contributed by atoms with van der Waals surface area (Å²) < 4.78 is 1.99. The number of rotatable bonds is 4. The Morgan fingerprint density at radius 1 is 1.31 bits per heavy atom. The van der Waals surface area contributed by atoms with Crippen LogP contribution in [0.2, 0.25) is 0 Å². The van der Waals surface area contributed by atoms with Crippen molar-refractivity contribution in [3.8, 4) is 11.1 Å². The zero-order valence-electron chi connectivity index (χ0n) is 9.77. The van der Waals surface area contributed by atoms with Gasteiger partial charge in [0.1, 0.15) is 0 Å². The lowest BCUT2D eigenvalue weighted by atomic mass is 10.1. The van der Waals surface area contributed by atoms with E-state index < -0.39 is 0 Å². The van der Waals surface area contributed by atoms with E-state index in [1.165, 1.54) is 11.1 Å². The molecular weight excluding hydrogens is 198 g/mol. The van der Waals surface area contributed by atoms with E-state index in [9.17, 15) is 0 Å². The molecule has 84 valence electrons. The van der Waals surface area contributed by atoms with Gasteiger partial charge in [0.25, 0.3) is 0 Å². The predicted molar refractivity (Wildman–Crippen MR) is 67.5 cm³/mol. The van der Waals surface area contributed by atoms with Crippen molar-refractivity contribution >= 4 is 5.69 Å². The van der Waals surface area contributed by atoms with Crippen molar-refractivity contribution in [3.63, 3.8) is 0 Å². The van der Waals surface area contributed by atoms with E-state index >= 15 is 0 Å². The minimum atomic E-state index is 0.978. The molecule has 0 bridgehead atoms. The second-order valence-corrected chi connectivity index (χ2v) is 3.82. The van der Waals surface area contributed by atoms with Gasteiger partial charge in [-0.3, -0.25) is 4.68 Å². The van der Waals surface area contributed by atoms with E-state index in [-0.39, 0.29) is 0 Å². The number of hydrogen-bond acceptors (Lipinski definition) is 2. The van der Waals surface area contributed by atoms with Gasteiger partial charge in [-0.25, -0.2) is 0 Å². The second kappa shape index (κ2) is 4.84. The van der Waals surface area contributed by atoms with Gasteiger partial charge in [0, 0.05) is 31.0 Å². The van der Waals surface area contributed by atoms with E-state index in [0.717, 1.165) is 18.7 Å². The Kier molecular flexibility index (Phi) is 3.25. The number of anilines is 1. The highest BCUT2D eigenvalue weighted by Crippen LogP contribution is 2.21. The monoisotopic (exact) mass is 215 g/mol. The third-order valence-electron chi connectivity index (χ3n) is 2.57. The van der Waals surface area contributed by atoms with Gasteiger partial charge in [0.2, 0.25) is 0 Å². The minimum absolute atomic E-state index is 0.978. The molecule has 0 fully saturated rings. The molecular formula is C13H17N3. The minimum Gasteiger partial charge on any atom is -0.388 e. The fourth-order valence-electron chi connectivity index (χ4n) is 1.72. The average molecular weight is 215 g/mol. The van der Waals surface area contributed by atoms with Crippen molar-refractivity contribution in [2.45, 2.75) is 19.9 Å². The van der Waals surface area contributed by atoms with Crippen LogP contribution < -0.4 is 5.32 Å². The molecule has 3 heteroatoms. The van der Waals surface area contributed by atoms with Crippen LogP contribution in [0.1, 0.15) is 13.3 Å². The standard InChI is InChI=1S/C13H17N3/c1-3-7-16-10-12(9-15-16)11-5-4-6-13(8-11)14-2/h4-6,8-10,14H,3,7H2,1-2H3. The van der Waals surface area contributed by atoms with Crippen LogP contribution in [0.3, 0.4) is 0 Å². The van der Waals surface area contributed by atoms with Gasteiger partial charge in [-0.2, -0.15) is 5.10 Å². The molecule has 0 amide bonds. The molecule has 0 saturated heterocycles. The molecule has 0 aliphatic heterocycles. The molecule has 0 aliphatic rings. The van der Waals surface area contributed by atoms with E-state index in [4.69, 9.17) is 0 Å². The lowest BCUT2D eigenvalue weighted by molar-refractivity contribution is 0.603. The first-order chi connectivity index (χ1) is 7.83. The summed E-state index contributed by atoms with van der Waals surface area (Å²) >= 11 is 0. The normalized spacial score (nSPS) is 10.4. The fraction of sp³-hybridized carbons (Fsp3) is 0.308. The summed E-state index contributed by atoms with van der Waals surface area (Å²) in [7, 11) is 1.93. The maximum atomic E-state index is 4.33. The summed E-state index contributed by atoms with van der Waals surface area (Å²) in [4.78, 5) is 0. The van der Waals surface area contributed by atoms with Crippen molar-refractivity contribution in [2.75, 3.05) is 12.4 Å². The van der Waals surface area contributed by atoms with Crippen LogP contribution in [0.5, 0.6) is 0 Å². The summed E-state index contributed by atoms with van der Waals surface area (Å²) in [5, 5.41) is 7.48. The number of aryl methyl sites for hydroxylation is 1. The van der Waals surface area contributed by atoms with Crippen molar-refractivity contribution in [2.24, 2.45) is 0 Å². The zero-order valence-corrected chi connectivity index (χ0v) is 9.77. The lowest BCUT2D eigenvalue weighted by Gasteiger charge is -2.02.